The second kappa shape index (κ2) is 7.69. The Kier molecular flexibility index (Phi) is 5.34. The van der Waals surface area contributed by atoms with Gasteiger partial charge in [-0.3, -0.25) is 4.79 Å². The maximum absolute atomic E-state index is 12.8. The number of allylic oxidation sites excluding steroid dienone is 4. The molecule has 1 fully saturated rings. The Morgan fingerprint density at radius 3 is 2.81 bits per heavy atom. The summed E-state index contributed by atoms with van der Waals surface area (Å²) in [4.78, 5) is 37.6. The van der Waals surface area contributed by atoms with E-state index in [-0.39, 0.29) is 11.7 Å². The zero-order valence-corrected chi connectivity index (χ0v) is 15.2. The van der Waals surface area contributed by atoms with Crippen LogP contribution in [0.1, 0.15) is 33.1 Å². The smallest absolute Gasteiger partial charge is 0.327 e. The minimum atomic E-state index is -1.24. The molecule has 0 unspecified atom stereocenters. The van der Waals surface area contributed by atoms with E-state index in [0.29, 0.717) is 12.2 Å². The highest BCUT2D eigenvalue weighted by Gasteiger charge is 2.49. The van der Waals surface area contributed by atoms with Crippen molar-refractivity contribution in [1.82, 2.24) is 10.2 Å². The lowest BCUT2D eigenvalue weighted by molar-refractivity contribution is -0.148. The number of ether oxygens (including phenoxy) is 2. The van der Waals surface area contributed by atoms with Gasteiger partial charge in [-0.15, -0.1) is 0 Å². The predicted octanol–water partition coefficient (Wildman–Crippen LogP) is 2.41. The molecule has 2 aliphatic heterocycles. The third kappa shape index (κ3) is 3.60. The second-order valence-corrected chi connectivity index (χ2v) is 6.66. The number of urea groups is 1. The summed E-state index contributed by atoms with van der Waals surface area (Å²) in [5, 5.41) is 12.0. The van der Waals surface area contributed by atoms with Crippen molar-refractivity contribution in [2.75, 3.05) is 0 Å². The van der Waals surface area contributed by atoms with Gasteiger partial charge in [0, 0.05) is 0 Å². The number of carboxylic acids is 1. The summed E-state index contributed by atoms with van der Waals surface area (Å²) in [6, 6.07) is -3.11. The monoisotopic (exact) mass is 374 g/mol. The van der Waals surface area contributed by atoms with Gasteiger partial charge in [0.15, 0.2) is 17.6 Å². The van der Waals surface area contributed by atoms with Crippen molar-refractivity contribution in [2.24, 2.45) is 5.92 Å². The van der Waals surface area contributed by atoms with E-state index in [1.807, 2.05) is 18.2 Å². The van der Waals surface area contributed by atoms with Crippen LogP contribution in [0, 0.1) is 5.92 Å². The van der Waals surface area contributed by atoms with Crippen LogP contribution in [0.4, 0.5) is 4.79 Å². The lowest BCUT2D eigenvalue weighted by Gasteiger charge is -2.26. The Hall–Kier alpha value is -3.03. The van der Waals surface area contributed by atoms with Crippen molar-refractivity contribution in [3.05, 3.63) is 47.8 Å². The van der Waals surface area contributed by atoms with Gasteiger partial charge in [0.1, 0.15) is 18.6 Å². The Morgan fingerprint density at radius 2 is 2.19 bits per heavy atom. The molecule has 3 amide bonds. The van der Waals surface area contributed by atoms with Gasteiger partial charge in [-0.25, -0.2) is 14.5 Å². The fourth-order valence-electron chi connectivity index (χ4n) is 3.20. The Balaban J connectivity index is 1.78. The number of nitrogens with zero attached hydrogens (tertiary/aromatic N) is 1. The molecule has 3 rings (SSSR count). The fourth-order valence-corrected chi connectivity index (χ4v) is 3.20. The first-order chi connectivity index (χ1) is 12.9. The van der Waals surface area contributed by atoms with Crippen LogP contribution < -0.4 is 5.32 Å². The molecule has 8 heteroatoms. The number of imide groups is 1. The summed E-state index contributed by atoms with van der Waals surface area (Å²) in [6.07, 6.45) is 10.7. The Labute approximate surface area is 156 Å². The highest BCUT2D eigenvalue weighted by atomic mass is 16.5. The van der Waals surface area contributed by atoms with E-state index in [1.54, 1.807) is 13.8 Å². The van der Waals surface area contributed by atoms with Crippen molar-refractivity contribution in [1.29, 1.82) is 0 Å². The summed E-state index contributed by atoms with van der Waals surface area (Å²) in [5.74, 6) is -1.68. The number of rotatable bonds is 6. The maximum atomic E-state index is 12.8. The summed E-state index contributed by atoms with van der Waals surface area (Å²) in [7, 11) is 0. The number of amides is 3. The number of aliphatic carboxylic acids is 1. The SMILES string of the molecule is CC[C@H](C)[C@@H](C(=O)O)N1C(=O)N[C@H](C2=COC=C(C3=CC=CCC3)O2)C1=O. The van der Waals surface area contributed by atoms with E-state index >= 15 is 0 Å². The molecule has 3 aliphatic rings. The molecular formula is C19H22N2O6. The highest BCUT2D eigenvalue weighted by molar-refractivity contribution is 6.08. The molecule has 0 aromatic carbocycles. The van der Waals surface area contributed by atoms with Gasteiger partial charge >= 0.3 is 12.0 Å². The number of hydrogen-bond donors (Lipinski definition) is 2. The van der Waals surface area contributed by atoms with Gasteiger partial charge in [0.2, 0.25) is 0 Å². The molecule has 1 aliphatic carbocycles. The van der Waals surface area contributed by atoms with Crippen molar-refractivity contribution in [2.45, 2.75) is 45.2 Å². The number of carboxylic acid groups (broad SMARTS) is 1. The molecule has 0 saturated carbocycles. The molecule has 2 heterocycles. The zero-order chi connectivity index (χ0) is 19.6. The standard InChI is InChI=1S/C19H22N2O6/c1-3-11(2)16(18(23)24)21-17(22)15(20-19(21)25)14-10-26-9-13(27-14)12-7-5-4-6-8-12/h4-5,7,9-11,15-16H,3,6,8H2,1-2H3,(H,20,25)(H,23,24)/t11-,15+,16-/m0/s1. The maximum Gasteiger partial charge on any atom is 0.327 e. The minimum Gasteiger partial charge on any atom is -0.480 e. The van der Waals surface area contributed by atoms with Gasteiger partial charge in [-0.1, -0.05) is 38.5 Å². The minimum absolute atomic E-state index is 0.122. The molecule has 0 aromatic heterocycles. The molecule has 1 saturated heterocycles. The van der Waals surface area contributed by atoms with E-state index in [0.717, 1.165) is 23.3 Å². The molecule has 144 valence electrons. The number of carbonyl (C=O) groups excluding carboxylic acids is 2. The highest BCUT2D eigenvalue weighted by Crippen LogP contribution is 2.30. The molecule has 0 radical (unpaired) electrons. The van der Waals surface area contributed by atoms with Crippen LogP contribution in [0.2, 0.25) is 0 Å². The molecule has 27 heavy (non-hydrogen) atoms. The van der Waals surface area contributed by atoms with Crippen molar-refractivity contribution in [3.63, 3.8) is 0 Å². The first-order valence-corrected chi connectivity index (χ1v) is 8.90. The number of nitrogens with one attached hydrogen (secondary N) is 1. The summed E-state index contributed by atoms with van der Waals surface area (Å²) in [6.45, 7) is 3.50. The van der Waals surface area contributed by atoms with Gasteiger partial charge in [0.05, 0.1) is 0 Å². The van der Waals surface area contributed by atoms with E-state index in [2.05, 4.69) is 5.32 Å². The topological polar surface area (TPSA) is 105 Å². The van der Waals surface area contributed by atoms with Crippen LogP contribution in [0.25, 0.3) is 0 Å². The lowest BCUT2D eigenvalue weighted by atomic mass is 9.97. The molecule has 0 aromatic rings. The zero-order valence-electron chi connectivity index (χ0n) is 15.2. The van der Waals surface area contributed by atoms with Crippen LogP contribution in [0.5, 0.6) is 0 Å². The van der Waals surface area contributed by atoms with E-state index < -0.39 is 30.0 Å². The first-order valence-electron chi connectivity index (χ1n) is 8.90. The molecule has 2 N–H and O–H groups in total. The van der Waals surface area contributed by atoms with E-state index in [9.17, 15) is 19.5 Å². The third-order valence-corrected chi connectivity index (χ3v) is 4.89. The predicted molar refractivity (Wildman–Crippen MR) is 94.8 cm³/mol. The molecule has 0 spiro atoms. The molecule has 3 atom stereocenters. The molecular weight excluding hydrogens is 352 g/mol. The number of carbonyl (C=O) groups is 3. The van der Waals surface area contributed by atoms with Crippen molar-refractivity contribution >= 4 is 17.9 Å². The largest absolute Gasteiger partial charge is 0.480 e. The van der Waals surface area contributed by atoms with Crippen LogP contribution in [-0.4, -0.2) is 40.0 Å². The van der Waals surface area contributed by atoms with Crippen LogP contribution in [0.3, 0.4) is 0 Å². The third-order valence-electron chi connectivity index (χ3n) is 4.89. The average Bonchev–Trinajstić information content (AvgIpc) is 2.97. The molecule has 0 bridgehead atoms. The Bertz CT molecular complexity index is 779. The van der Waals surface area contributed by atoms with Crippen LogP contribution in [0.15, 0.2) is 47.8 Å². The summed E-state index contributed by atoms with van der Waals surface area (Å²) in [5.41, 5.74) is 0.916. The normalized spacial score (nSPS) is 24.1. The van der Waals surface area contributed by atoms with Crippen molar-refractivity contribution < 1.29 is 29.0 Å². The quantitative estimate of drug-likeness (QED) is 0.692. The fraction of sp³-hybridized carbons (Fsp3) is 0.421. The Morgan fingerprint density at radius 1 is 1.41 bits per heavy atom. The second-order valence-electron chi connectivity index (χ2n) is 6.66. The van der Waals surface area contributed by atoms with E-state index in [4.69, 9.17) is 9.47 Å². The first kappa shape index (κ1) is 18.8. The van der Waals surface area contributed by atoms with E-state index in [1.165, 1.54) is 12.5 Å². The summed E-state index contributed by atoms with van der Waals surface area (Å²) >= 11 is 0. The van der Waals surface area contributed by atoms with Crippen LogP contribution >= 0.6 is 0 Å². The van der Waals surface area contributed by atoms with Gasteiger partial charge < -0.3 is 19.9 Å². The lowest BCUT2D eigenvalue weighted by Crippen LogP contribution is -2.49. The molecule has 8 nitrogen and oxygen atoms in total. The summed E-state index contributed by atoms with van der Waals surface area (Å²) < 4.78 is 11.1. The van der Waals surface area contributed by atoms with Gasteiger partial charge in [-0.05, 0) is 24.3 Å². The number of hydrogen-bond acceptors (Lipinski definition) is 5. The van der Waals surface area contributed by atoms with Gasteiger partial charge in [-0.2, -0.15) is 0 Å². The van der Waals surface area contributed by atoms with Gasteiger partial charge in [0.25, 0.3) is 5.91 Å². The van der Waals surface area contributed by atoms with Crippen molar-refractivity contribution in [3.8, 4) is 0 Å². The van der Waals surface area contributed by atoms with Crippen LogP contribution in [-0.2, 0) is 19.1 Å². The average molecular weight is 374 g/mol.